The van der Waals surface area contributed by atoms with Crippen molar-refractivity contribution in [3.8, 4) is 0 Å². The van der Waals surface area contributed by atoms with E-state index in [0.717, 1.165) is 12.1 Å². The van der Waals surface area contributed by atoms with E-state index in [9.17, 15) is 9.59 Å². The Morgan fingerprint density at radius 2 is 2.25 bits per heavy atom. The van der Waals surface area contributed by atoms with Gasteiger partial charge >= 0.3 is 5.97 Å². The summed E-state index contributed by atoms with van der Waals surface area (Å²) in [6.45, 7) is 0.650. The van der Waals surface area contributed by atoms with Gasteiger partial charge in [-0.05, 0) is 24.6 Å². The molecule has 1 aromatic rings. The number of nitrogens with zero attached hydrogens (tertiary/aromatic N) is 1. The molecule has 0 radical (unpaired) electrons. The predicted molar refractivity (Wildman–Crippen MR) is 76.5 cm³/mol. The average Bonchev–Trinajstić information content (AvgIpc) is 2.44. The van der Waals surface area contributed by atoms with Crippen LogP contribution in [0, 0.1) is 0 Å². The molecule has 0 aromatic heterocycles. The molecule has 6 heteroatoms. The predicted octanol–water partition coefficient (Wildman–Crippen LogP) is 1.09. The molecule has 1 aromatic carbocycles. The third-order valence-corrected chi connectivity index (χ3v) is 3.46. The summed E-state index contributed by atoms with van der Waals surface area (Å²) in [7, 11) is 3.12. The molecule has 1 heterocycles. The van der Waals surface area contributed by atoms with Crippen LogP contribution in [0.2, 0.25) is 0 Å². The number of piperidine rings is 1. The molecule has 1 aliphatic heterocycles. The van der Waals surface area contributed by atoms with Crippen LogP contribution in [0.3, 0.4) is 0 Å². The highest BCUT2D eigenvalue weighted by Crippen LogP contribution is 2.23. The smallest absolute Gasteiger partial charge is 0.337 e. The molecule has 6 nitrogen and oxygen atoms in total. The molecule has 1 fully saturated rings. The Morgan fingerprint density at radius 1 is 1.50 bits per heavy atom. The summed E-state index contributed by atoms with van der Waals surface area (Å²) in [5, 5.41) is 3.31. The fourth-order valence-corrected chi connectivity index (χ4v) is 2.29. The van der Waals surface area contributed by atoms with Gasteiger partial charge in [-0.3, -0.25) is 4.79 Å². The first-order valence-electron chi connectivity index (χ1n) is 6.49. The molecule has 1 aliphatic rings. The van der Waals surface area contributed by atoms with E-state index in [2.05, 4.69) is 10.1 Å². The fraction of sp³-hybridized carbons (Fsp3) is 0.429. The highest BCUT2D eigenvalue weighted by molar-refractivity contribution is 5.91. The van der Waals surface area contributed by atoms with Crippen molar-refractivity contribution in [2.45, 2.75) is 18.9 Å². The third-order valence-electron chi connectivity index (χ3n) is 3.46. The number of rotatable bonds is 3. The van der Waals surface area contributed by atoms with Crippen LogP contribution < -0.4 is 11.1 Å². The highest BCUT2D eigenvalue weighted by atomic mass is 16.5. The highest BCUT2D eigenvalue weighted by Gasteiger charge is 2.23. The van der Waals surface area contributed by atoms with Gasteiger partial charge in [0.05, 0.1) is 24.0 Å². The number of ether oxygens (including phenoxy) is 1. The molecule has 1 unspecified atom stereocenters. The van der Waals surface area contributed by atoms with Crippen molar-refractivity contribution in [3.05, 3.63) is 23.8 Å². The molecule has 1 saturated heterocycles. The number of likely N-dealkylation sites (N-methyl/N-ethyl adjacent to an activating group) is 1. The van der Waals surface area contributed by atoms with Gasteiger partial charge in [-0.25, -0.2) is 4.79 Å². The molecule has 0 saturated carbocycles. The second-order valence-corrected chi connectivity index (χ2v) is 4.95. The summed E-state index contributed by atoms with van der Waals surface area (Å²) >= 11 is 0. The van der Waals surface area contributed by atoms with Crippen molar-refractivity contribution < 1.29 is 14.3 Å². The van der Waals surface area contributed by atoms with Crippen LogP contribution >= 0.6 is 0 Å². The lowest BCUT2D eigenvalue weighted by molar-refractivity contribution is -0.132. The number of anilines is 2. The minimum absolute atomic E-state index is 0.164. The second kappa shape index (κ2) is 5.81. The minimum atomic E-state index is -0.411. The molecule has 0 spiro atoms. The number of amides is 1. The van der Waals surface area contributed by atoms with Crippen LogP contribution in [0.4, 0.5) is 11.4 Å². The summed E-state index contributed by atoms with van der Waals surface area (Å²) in [4.78, 5) is 24.5. The van der Waals surface area contributed by atoms with Gasteiger partial charge in [-0.1, -0.05) is 0 Å². The molecule has 3 N–H and O–H groups in total. The minimum Gasteiger partial charge on any atom is -0.465 e. The zero-order valence-electron chi connectivity index (χ0n) is 11.7. The SMILES string of the molecule is COC(=O)c1ccc(NC2CCC(=O)N(C)C2)c(N)c1. The first kappa shape index (κ1) is 14.2. The number of likely N-dealkylation sites (tertiary alicyclic amines) is 1. The second-order valence-electron chi connectivity index (χ2n) is 4.95. The number of nitrogens with one attached hydrogen (secondary N) is 1. The van der Waals surface area contributed by atoms with Crippen molar-refractivity contribution in [2.75, 3.05) is 31.8 Å². The Bertz CT molecular complexity index is 530. The Kier molecular flexibility index (Phi) is 4.12. The van der Waals surface area contributed by atoms with E-state index < -0.39 is 5.97 Å². The fourth-order valence-electron chi connectivity index (χ4n) is 2.29. The summed E-state index contributed by atoms with van der Waals surface area (Å²) in [6.07, 6.45) is 1.32. The van der Waals surface area contributed by atoms with Crippen molar-refractivity contribution >= 4 is 23.3 Å². The first-order valence-corrected chi connectivity index (χ1v) is 6.49. The monoisotopic (exact) mass is 277 g/mol. The van der Waals surface area contributed by atoms with Gasteiger partial charge < -0.3 is 20.7 Å². The number of nitrogens with two attached hydrogens (primary N) is 1. The Labute approximate surface area is 117 Å². The number of nitrogen functional groups attached to an aromatic ring is 1. The van der Waals surface area contributed by atoms with Gasteiger partial charge in [-0.15, -0.1) is 0 Å². The van der Waals surface area contributed by atoms with Gasteiger partial charge in [-0.2, -0.15) is 0 Å². The molecule has 0 aliphatic carbocycles. The molecular weight excluding hydrogens is 258 g/mol. The lowest BCUT2D eigenvalue weighted by Crippen LogP contribution is -2.43. The van der Waals surface area contributed by atoms with E-state index >= 15 is 0 Å². The number of methoxy groups -OCH3 is 1. The van der Waals surface area contributed by atoms with Gasteiger partial charge in [0.2, 0.25) is 5.91 Å². The summed E-state index contributed by atoms with van der Waals surface area (Å²) in [6, 6.07) is 5.19. The van der Waals surface area contributed by atoms with E-state index in [0.29, 0.717) is 24.2 Å². The van der Waals surface area contributed by atoms with Crippen LogP contribution in [0.15, 0.2) is 18.2 Å². The van der Waals surface area contributed by atoms with Gasteiger partial charge in [0.15, 0.2) is 0 Å². The van der Waals surface area contributed by atoms with E-state index in [1.54, 1.807) is 30.1 Å². The molecule has 1 atom stereocenters. The van der Waals surface area contributed by atoms with E-state index in [1.807, 2.05) is 0 Å². The van der Waals surface area contributed by atoms with Crippen molar-refractivity contribution in [2.24, 2.45) is 0 Å². The zero-order chi connectivity index (χ0) is 14.7. The standard InChI is InChI=1S/C14H19N3O3/c1-17-8-10(4-6-13(17)18)16-12-5-3-9(7-11(12)15)14(19)20-2/h3,5,7,10,16H,4,6,8,15H2,1-2H3. The van der Waals surface area contributed by atoms with Crippen LogP contribution in [0.25, 0.3) is 0 Å². The third kappa shape index (κ3) is 3.01. The Hall–Kier alpha value is -2.24. The van der Waals surface area contributed by atoms with E-state index in [1.165, 1.54) is 7.11 Å². The maximum Gasteiger partial charge on any atom is 0.337 e. The van der Waals surface area contributed by atoms with Gasteiger partial charge in [0, 0.05) is 26.1 Å². The molecule has 0 bridgehead atoms. The Morgan fingerprint density at radius 3 is 2.85 bits per heavy atom. The van der Waals surface area contributed by atoms with Crippen LogP contribution in [0.5, 0.6) is 0 Å². The maximum absolute atomic E-state index is 11.4. The Balaban J connectivity index is 2.07. The quantitative estimate of drug-likeness (QED) is 0.638. The van der Waals surface area contributed by atoms with Crippen molar-refractivity contribution in [1.82, 2.24) is 4.90 Å². The number of benzene rings is 1. The maximum atomic E-state index is 11.4. The summed E-state index contributed by atoms with van der Waals surface area (Å²) < 4.78 is 4.65. The number of hydrogen-bond acceptors (Lipinski definition) is 5. The topological polar surface area (TPSA) is 84.7 Å². The van der Waals surface area contributed by atoms with Crippen LogP contribution in [0.1, 0.15) is 23.2 Å². The molecule has 2 rings (SSSR count). The number of carbonyl (C=O) groups is 2. The molecular formula is C14H19N3O3. The number of esters is 1. The molecule has 20 heavy (non-hydrogen) atoms. The lowest BCUT2D eigenvalue weighted by Gasteiger charge is -2.31. The number of hydrogen-bond donors (Lipinski definition) is 2. The largest absolute Gasteiger partial charge is 0.465 e. The normalized spacial score (nSPS) is 18.8. The number of carbonyl (C=O) groups excluding carboxylic acids is 2. The van der Waals surface area contributed by atoms with Crippen LogP contribution in [-0.4, -0.2) is 43.5 Å². The molecule has 108 valence electrons. The summed E-state index contributed by atoms with van der Waals surface area (Å²) in [5.41, 5.74) is 7.63. The van der Waals surface area contributed by atoms with Crippen LogP contribution in [-0.2, 0) is 9.53 Å². The van der Waals surface area contributed by atoms with E-state index in [-0.39, 0.29) is 11.9 Å². The lowest BCUT2D eigenvalue weighted by atomic mass is 10.0. The van der Waals surface area contributed by atoms with E-state index in [4.69, 9.17) is 5.73 Å². The van der Waals surface area contributed by atoms with Crippen molar-refractivity contribution in [1.29, 1.82) is 0 Å². The first-order chi connectivity index (χ1) is 9.51. The van der Waals surface area contributed by atoms with Crippen molar-refractivity contribution in [3.63, 3.8) is 0 Å². The zero-order valence-corrected chi connectivity index (χ0v) is 11.7. The summed E-state index contributed by atoms with van der Waals surface area (Å²) in [5.74, 6) is -0.247. The average molecular weight is 277 g/mol. The molecule has 1 amide bonds. The van der Waals surface area contributed by atoms with Gasteiger partial charge in [0.1, 0.15) is 0 Å². The van der Waals surface area contributed by atoms with Gasteiger partial charge in [0.25, 0.3) is 0 Å².